The van der Waals surface area contributed by atoms with Crippen LogP contribution in [0.1, 0.15) is 21.7 Å². The van der Waals surface area contributed by atoms with Crippen molar-refractivity contribution in [3.05, 3.63) is 46.1 Å². The van der Waals surface area contributed by atoms with E-state index in [1.807, 2.05) is 6.20 Å². The normalized spacial score (nSPS) is 11.4. The van der Waals surface area contributed by atoms with Crippen molar-refractivity contribution in [2.45, 2.75) is 27.3 Å². The highest BCUT2D eigenvalue weighted by atomic mass is 32.1. The summed E-state index contributed by atoms with van der Waals surface area (Å²) in [4.78, 5) is 6.85. The minimum atomic E-state index is 0.486. The molecule has 3 aromatic rings. The molecule has 2 N–H and O–H groups in total. The summed E-state index contributed by atoms with van der Waals surface area (Å²) in [6, 6.07) is 6.58. The van der Waals surface area contributed by atoms with E-state index >= 15 is 0 Å². The molecule has 1 aromatic carbocycles. The monoisotopic (exact) mass is 271 g/mol. The van der Waals surface area contributed by atoms with E-state index < -0.39 is 0 Å². The summed E-state index contributed by atoms with van der Waals surface area (Å²) in [5.74, 6) is 0. The maximum absolute atomic E-state index is 5.68. The summed E-state index contributed by atoms with van der Waals surface area (Å²) >= 11 is 1.72. The molecule has 3 nitrogen and oxygen atoms in total. The maximum Gasteiger partial charge on any atom is 0.194 e. The number of hydrogen-bond acceptors (Lipinski definition) is 3. The summed E-state index contributed by atoms with van der Waals surface area (Å²) in [5, 5.41) is 0. The Balaban J connectivity index is 2.28. The predicted octanol–water partition coefficient (Wildman–Crippen LogP) is 3.45. The van der Waals surface area contributed by atoms with Gasteiger partial charge in [-0.25, -0.2) is 4.98 Å². The molecular weight excluding hydrogens is 254 g/mol. The van der Waals surface area contributed by atoms with E-state index in [0.29, 0.717) is 6.54 Å². The van der Waals surface area contributed by atoms with E-state index in [-0.39, 0.29) is 0 Å². The van der Waals surface area contributed by atoms with E-state index in [2.05, 4.69) is 48.4 Å². The lowest BCUT2D eigenvalue weighted by Crippen LogP contribution is -1.96. The van der Waals surface area contributed by atoms with Gasteiger partial charge < -0.3 is 5.73 Å². The van der Waals surface area contributed by atoms with E-state index in [1.165, 1.54) is 27.3 Å². The summed E-state index contributed by atoms with van der Waals surface area (Å²) in [7, 11) is 0. The van der Waals surface area contributed by atoms with Crippen molar-refractivity contribution in [1.29, 1.82) is 0 Å². The fourth-order valence-electron chi connectivity index (χ4n) is 2.49. The molecule has 0 spiro atoms. The molecule has 0 radical (unpaired) electrons. The van der Waals surface area contributed by atoms with Crippen molar-refractivity contribution in [1.82, 2.24) is 9.38 Å². The summed E-state index contributed by atoms with van der Waals surface area (Å²) in [5.41, 5.74) is 11.7. The van der Waals surface area contributed by atoms with Crippen LogP contribution in [-0.4, -0.2) is 9.38 Å². The smallest absolute Gasteiger partial charge is 0.194 e. The van der Waals surface area contributed by atoms with Gasteiger partial charge in [-0.05, 0) is 26.3 Å². The molecule has 0 amide bonds. The zero-order valence-electron chi connectivity index (χ0n) is 11.4. The Hall–Kier alpha value is -1.65. The van der Waals surface area contributed by atoms with Crippen LogP contribution >= 0.6 is 11.3 Å². The first-order valence-electron chi connectivity index (χ1n) is 6.35. The minimum Gasteiger partial charge on any atom is -0.325 e. The second kappa shape index (κ2) is 4.47. The van der Waals surface area contributed by atoms with Gasteiger partial charge in [-0.2, -0.15) is 0 Å². The average molecular weight is 271 g/mol. The van der Waals surface area contributed by atoms with E-state index in [9.17, 15) is 0 Å². The largest absolute Gasteiger partial charge is 0.325 e. The minimum absolute atomic E-state index is 0.486. The third-order valence-corrected chi connectivity index (χ3v) is 4.36. The topological polar surface area (TPSA) is 43.3 Å². The van der Waals surface area contributed by atoms with Gasteiger partial charge in [0.25, 0.3) is 0 Å². The Labute approximate surface area is 116 Å². The quantitative estimate of drug-likeness (QED) is 0.776. The summed E-state index contributed by atoms with van der Waals surface area (Å²) in [6.45, 7) is 6.92. The average Bonchev–Trinajstić information content (AvgIpc) is 2.87. The van der Waals surface area contributed by atoms with E-state index in [4.69, 9.17) is 5.73 Å². The van der Waals surface area contributed by atoms with Crippen LogP contribution in [0, 0.1) is 20.8 Å². The Kier molecular flexibility index (Phi) is 2.92. The summed E-state index contributed by atoms with van der Waals surface area (Å²) in [6.07, 6.45) is 2.05. The number of rotatable bonds is 2. The van der Waals surface area contributed by atoms with E-state index in [1.54, 1.807) is 11.3 Å². The Morgan fingerprint density at radius 2 is 2.05 bits per heavy atom. The lowest BCUT2D eigenvalue weighted by molar-refractivity contribution is 1.02. The first-order valence-corrected chi connectivity index (χ1v) is 7.17. The molecule has 0 saturated heterocycles. The highest BCUT2D eigenvalue weighted by Gasteiger charge is 2.14. The van der Waals surface area contributed by atoms with Crippen LogP contribution < -0.4 is 5.73 Å². The third-order valence-electron chi connectivity index (χ3n) is 3.39. The van der Waals surface area contributed by atoms with Crippen LogP contribution in [0.2, 0.25) is 0 Å². The van der Waals surface area contributed by atoms with Gasteiger partial charge in [0.15, 0.2) is 4.96 Å². The molecule has 0 unspecified atom stereocenters. The van der Waals surface area contributed by atoms with Crippen LogP contribution in [0.3, 0.4) is 0 Å². The van der Waals surface area contributed by atoms with Gasteiger partial charge in [-0.15, -0.1) is 11.3 Å². The number of thiazole rings is 1. The fraction of sp³-hybridized carbons (Fsp3) is 0.267. The zero-order valence-corrected chi connectivity index (χ0v) is 12.2. The van der Waals surface area contributed by atoms with Crippen LogP contribution in [-0.2, 0) is 6.54 Å². The number of hydrogen-bond donors (Lipinski definition) is 1. The van der Waals surface area contributed by atoms with Crippen LogP contribution in [0.4, 0.5) is 0 Å². The number of imidazole rings is 1. The molecular formula is C15H17N3S. The molecule has 0 bridgehead atoms. The Bertz CT molecular complexity index is 752. The zero-order chi connectivity index (χ0) is 13.6. The van der Waals surface area contributed by atoms with Crippen molar-refractivity contribution in [3.8, 4) is 11.3 Å². The van der Waals surface area contributed by atoms with Gasteiger partial charge in [0.05, 0.1) is 11.4 Å². The molecule has 2 aromatic heterocycles. The van der Waals surface area contributed by atoms with Crippen LogP contribution in [0.25, 0.3) is 16.2 Å². The lowest BCUT2D eigenvalue weighted by atomic mass is 10.0. The summed E-state index contributed by atoms with van der Waals surface area (Å²) < 4.78 is 2.17. The molecule has 0 fully saturated rings. The number of fused-ring (bicyclic) bond motifs is 1. The molecule has 0 aliphatic carbocycles. The standard InChI is InChI=1S/C15H17N3S/c1-9-4-5-13(10(2)6-9)14-11(3)19-15-17-12(7-16)8-18(14)15/h4-6,8H,7,16H2,1-3H3. The molecule has 0 aliphatic heterocycles. The molecule has 0 atom stereocenters. The first-order chi connectivity index (χ1) is 9.10. The van der Waals surface area contributed by atoms with Crippen molar-refractivity contribution in [2.75, 3.05) is 0 Å². The molecule has 98 valence electrons. The number of aryl methyl sites for hydroxylation is 3. The number of benzene rings is 1. The van der Waals surface area contributed by atoms with Crippen molar-refractivity contribution < 1.29 is 0 Å². The number of aromatic nitrogens is 2. The molecule has 19 heavy (non-hydrogen) atoms. The first kappa shape index (κ1) is 12.4. The second-order valence-corrected chi connectivity index (χ2v) is 6.10. The van der Waals surface area contributed by atoms with Gasteiger partial charge in [-0.1, -0.05) is 23.8 Å². The number of nitrogens with two attached hydrogens (primary N) is 1. The van der Waals surface area contributed by atoms with Gasteiger partial charge >= 0.3 is 0 Å². The molecule has 0 aliphatic rings. The van der Waals surface area contributed by atoms with Crippen molar-refractivity contribution in [3.63, 3.8) is 0 Å². The SMILES string of the molecule is Cc1ccc(-c2c(C)sc3nc(CN)cn23)c(C)c1. The van der Waals surface area contributed by atoms with Gasteiger partial charge in [0.2, 0.25) is 0 Å². The van der Waals surface area contributed by atoms with Gasteiger partial charge in [-0.3, -0.25) is 4.40 Å². The Morgan fingerprint density at radius 1 is 1.26 bits per heavy atom. The molecule has 4 heteroatoms. The maximum atomic E-state index is 5.68. The molecule has 3 rings (SSSR count). The van der Waals surface area contributed by atoms with E-state index in [0.717, 1.165) is 10.7 Å². The highest BCUT2D eigenvalue weighted by Crippen LogP contribution is 2.33. The third kappa shape index (κ3) is 1.97. The van der Waals surface area contributed by atoms with Crippen molar-refractivity contribution in [2.24, 2.45) is 5.73 Å². The number of nitrogens with zero attached hydrogens (tertiary/aromatic N) is 2. The van der Waals surface area contributed by atoms with Gasteiger partial charge in [0, 0.05) is 23.2 Å². The Morgan fingerprint density at radius 3 is 2.74 bits per heavy atom. The second-order valence-electron chi connectivity index (χ2n) is 4.91. The molecule has 0 saturated carbocycles. The van der Waals surface area contributed by atoms with Gasteiger partial charge in [0.1, 0.15) is 0 Å². The van der Waals surface area contributed by atoms with Crippen LogP contribution in [0.15, 0.2) is 24.4 Å². The van der Waals surface area contributed by atoms with Crippen LogP contribution in [0.5, 0.6) is 0 Å². The molecule has 2 heterocycles. The fourth-order valence-corrected chi connectivity index (χ4v) is 3.48. The van der Waals surface area contributed by atoms with Crippen molar-refractivity contribution >= 4 is 16.3 Å². The predicted molar refractivity (Wildman–Crippen MR) is 80.6 cm³/mol. The highest BCUT2D eigenvalue weighted by molar-refractivity contribution is 7.17. The lowest BCUT2D eigenvalue weighted by Gasteiger charge is -2.07.